The number of hydrogen-bond acceptors (Lipinski definition) is 5. The van der Waals surface area contributed by atoms with Crippen LogP contribution in [0.25, 0.3) is 5.78 Å². The van der Waals surface area contributed by atoms with E-state index in [1.165, 1.54) is 6.33 Å². The van der Waals surface area contributed by atoms with E-state index < -0.39 is 0 Å². The molecule has 124 valence electrons. The van der Waals surface area contributed by atoms with Crippen molar-refractivity contribution in [1.82, 2.24) is 19.6 Å². The van der Waals surface area contributed by atoms with E-state index in [0.29, 0.717) is 21.5 Å². The fourth-order valence-corrected chi connectivity index (χ4v) is 2.55. The van der Waals surface area contributed by atoms with Gasteiger partial charge in [0.2, 0.25) is 5.91 Å². The van der Waals surface area contributed by atoms with E-state index in [1.807, 2.05) is 13.0 Å². The van der Waals surface area contributed by atoms with Crippen LogP contribution in [-0.2, 0) is 4.79 Å². The van der Waals surface area contributed by atoms with Crippen LogP contribution in [0.3, 0.4) is 0 Å². The fourth-order valence-electron chi connectivity index (χ4n) is 2.25. The third-order valence-electron chi connectivity index (χ3n) is 3.34. The Labute approximate surface area is 148 Å². The summed E-state index contributed by atoms with van der Waals surface area (Å²) in [4.78, 5) is 22.4. The Morgan fingerprint density at radius 2 is 2.08 bits per heavy atom. The molecule has 0 aliphatic rings. The van der Waals surface area contributed by atoms with Crippen molar-refractivity contribution in [3.8, 4) is 0 Å². The Balaban J connectivity index is 1.75. The van der Waals surface area contributed by atoms with Gasteiger partial charge in [0.1, 0.15) is 12.1 Å². The highest BCUT2D eigenvalue weighted by Crippen LogP contribution is 2.25. The van der Waals surface area contributed by atoms with Crippen molar-refractivity contribution in [2.45, 2.75) is 6.92 Å². The molecule has 0 aliphatic heterocycles. The van der Waals surface area contributed by atoms with Crippen LogP contribution in [0.5, 0.6) is 0 Å². The highest BCUT2D eigenvalue weighted by molar-refractivity contribution is 6.42. The first kappa shape index (κ1) is 16.5. The zero-order chi connectivity index (χ0) is 17.3. The number of hydrogen-bond donors (Lipinski definition) is 1. The summed E-state index contributed by atoms with van der Waals surface area (Å²) >= 11 is 11.8. The molecule has 0 unspecified atom stereocenters. The Kier molecular flexibility index (Phi) is 4.55. The molecule has 0 fully saturated rings. The summed E-state index contributed by atoms with van der Waals surface area (Å²) in [6.45, 7) is 1.99. The van der Waals surface area contributed by atoms with Crippen molar-refractivity contribution >= 4 is 46.4 Å². The maximum Gasteiger partial charge on any atom is 0.254 e. The van der Waals surface area contributed by atoms with Crippen molar-refractivity contribution in [3.05, 3.63) is 46.3 Å². The molecule has 0 radical (unpaired) electrons. The maximum atomic E-state index is 12.3. The quantitative estimate of drug-likeness (QED) is 0.770. The van der Waals surface area contributed by atoms with Crippen LogP contribution in [0.15, 0.2) is 30.6 Å². The van der Waals surface area contributed by atoms with Gasteiger partial charge >= 0.3 is 0 Å². The first-order valence-corrected chi connectivity index (χ1v) is 7.83. The molecule has 0 saturated heterocycles. The summed E-state index contributed by atoms with van der Waals surface area (Å²) in [6, 6.07) is 6.77. The van der Waals surface area contributed by atoms with Gasteiger partial charge in [0, 0.05) is 24.5 Å². The summed E-state index contributed by atoms with van der Waals surface area (Å²) in [5.41, 5.74) is 1.38. The van der Waals surface area contributed by atoms with E-state index in [2.05, 4.69) is 20.4 Å². The third kappa shape index (κ3) is 3.42. The van der Waals surface area contributed by atoms with Gasteiger partial charge < -0.3 is 10.2 Å². The topological polar surface area (TPSA) is 75.4 Å². The highest BCUT2D eigenvalue weighted by Gasteiger charge is 2.13. The first-order valence-electron chi connectivity index (χ1n) is 7.07. The Morgan fingerprint density at radius 1 is 1.29 bits per heavy atom. The standard InChI is InChI=1S/C15H14Cl2N6O/c1-9-5-14(23-15(20-9)18-8-19-23)22(2)7-13(24)21-10-3-4-11(16)12(17)6-10/h3-6,8H,7H2,1-2H3,(H,21,24). The molecule has 3 rings (SSSR count). The lowest BCUT2D eigenvalue weighted by molar-refractivity contribution is -0.114. The van der Waals surface area contributed by atoms with E-state index in [9.17, 15) is 4.79 Å². The molecule has 1 N–H and O–H groups in total. The summed E-state index contributed by atoms with van der Waals surface area (Å²) in [5.74, 6) is 1.01. The van der Waals surface area contributed by atoms with Crippen molar-refractivity contribution in [2.24, 2.45) is 0 Å². The number of nitrogens with zero attached hydrogens (tertiary/aromatic N) is 5. The van der Waals surface area contributed by atoms with Crippen molar-refractivity contribution in [2.75, 3.05) is 23.8 Å². The number of aryl methyl sites for hydroxylation is 1. The zero-order valence-electron chi connectivity index (χ0n) is 13.0. The number of rotatable bonds is 4. The van der Waals surface area contributed by atoms with E-state index in [0.717, 1.165) is 11.5 Å². The van der Waals surface area contributed by atoms with Gasteiger partial charge in [0.15, 0.2) is 0 Å². The molecule has 0 spiro atoms. The molecule has 1 aromatic carbocycles. The molecule has 0 saturated carbocycles. The second-order valence-electron chi connectivity index (χ2n) is 5.26. The van der Waals surface area contributed by atoms with Crippen LogP contribution in [0.4, 0.5) is 11.5 Å². The van der Waals surface area contributed by atoms with Gasteiger partial charge in [0.25, 0.3) is 5.78 Å². The molecule has 0 bridgehead atoms. The maximum absolute atomic E-state index is 12.3. The fraction of sp³-hybridized carbons (Fsp3) is 0.200. The lowest BCUT2D eigenvalue weighted by atomic mass is 10.3. The number of aromatic nitrogens is 4. The second-order valence-corrected chi connectivity index (χ2v) is 6.08. The van der Waals surface area contributed by atoms with Crippen LogP contribution < -0.4 is 10.2 Å². The van der Waals surface area contributed by atoms with Crippen molar-refractivity contribution in [3.63, 3.8) is 0 Å². The number of amides is 1. The van der Waals surface area contributed by atoms with Gasteiger partial charge in [0.05, 0.1) is 16.6 Å². The number of fused-ring (bicyclic) bond motifs is 1. The number of halogens is 2. The van der Waals surface area contributed by atoms with E-state index >= 15 is 0 Å². The predicted molar refractivity (Wildman–Crippen MR) is 93.9 cm³/mol. The molecule has 2 heterocycles. The number of carbonyl (C=O) groups excluding carboxylic acids is 1. The number of anilines is 2. The molecule has 0 aliphatic carbocycles. The lowest BCUT2D eigenvalue weighted by Gasteiger charge is -2.19. The van der Waals surface area contributed by atoms with E-state index in [-0.39, 0.29) is 12.5 Å². The summed E-state index contributed by atoms with van der Waals surface area (Å²) in [6.07, 6.45) is 1.43. The van der Waals surface area contributed by atoms with Crippen molar-refractivity contribution < 1.29 is 4.79 Å². The van der Waals surface area contributed by atoms with Crippen molar-refractivity contribution in [1.29, 1.82) is 0 Å². The average molecular weight is 365 g/mol. The highest BCUT2D eigenvalue weighted by atomic mass is 35.5. The van der Waals surface area contributed by atoms with E-state index in [4.69, 9.17) is 23.2 Å². The van der Waals surface area contributed by atoms with Crippen LogP contribution >= 0.6 is 23.2 Å². The molecule has 2 aromatic heterocycles. The average Bonchev–Trinajstić information content (AvgIpc) is 2.98. The van der Waals surface area contributed by atoms with Gasteiger partial charge in [-0.15, -0.1) is 0 Å². The minimum atomic E-state index is -0.196. The molecule has 1 amide bonds. The number of likely N-dealkylation sites (N-methyl/N-ethyl adjacent to an activating group) is 1. The summed E-state index contributed by atoms with van der Waals surface area (Å²) in [5, 5.41) is 7.74. The van der Waals surface area contributed by atoms with Crippen LogP contribution in [0.2, 0.25) is 10.0 Å². The minimum absolute atomic E-state index is 0.124. The van der Waals surface area contributed by atoms with Gasteiger partial charge in [-0.3, -0.25) is 4.79 Å². The van der Waals surface area contributed by atoms with Gasteiger partial charge in [-0.25, -0.2) is 4.98 Å². The molecule has 3 aromatic rings. The molecule has 24 heavy (non-hydrogen) atoms. The third-order valence-corrected chi connectivity index (χ3v) is 4.08. The number of benzene rings is 1. The smallest absolute Gasteiger partial charge is 0.254 e. The van der Waals surface area contributed by atoms with Gasteiger partial charge in [-0.1, -0.05) is 23.2 Å². The van der Waals surface area contributed by atoms with Crippen LogP contribution in [0.1, 0.15) is 5.69 Å². The number of nitrogens with one attached hydrogen (secondary N) is 1. The molecule has 7 nitrogen and oxygen atoms in total. The molecular formula is C15H14Cl2N6O. The molecule has 9 heteroatoms. The first-order chi connectivity index (χ1) is 11.4. The number of carbonyl (C=O) groups is 1. The van der Waals surface area contributed by atoms with Crippen LogP contribution in [0, 0.1) is 6.92 Å². The molecule has 0 atom stereocenters. The minimum Gasteiger partial charge on any atom is -0.350 e. The summed E-state index contributed by atoms with van der Waals surface area (Å²) < 4.78 is 1.58. The predicted octanol–water partition coefficient (Wildman–Crippen LogP) is 2.81. The largest absolute Gasteiger partial charge is 0.350 e. The normalized spacial score (nSPS) is 10.8. The summed E-state index contributed by atoms with van der Waals surface area (Å²) in [7, 11) is 1.80. The van der Waals surface area contributed by atoms with Gasteiger partial charge in [-0.05, 0) is 25.1 Å². The second kappa shape index (κ2) is 6.62. The van der Waals surface area contributed by atoms with Crippen LogP contribution in [-0.4, -0.2) is 39.1 Å². The lowest BCUT2D eigenvalue weighted by Crippen LogP contribution is -2.31. The van der Waals surface area contributed by atoms with Gasteiger partial charge in [-0.2, -0.15) is 14.6 Å². The SMILES string of the molecule is Cc1cc(N(C)CC(=O)Nc2ccc(Cl)c(Cl)c2)n2ncnc2n1. The monoisotopic (exact) mass is 364 g/mol. The molecular weight excluding hydrogens is 351 g/mol. The Bertz CT molecular complexity index is 910. The Hall–Kier alpha value is -2.38. The van der Waals surface area contributed by atoms with E-state index in [1.54, 1.807) is 34.7 Å². The zero-order valence-corrected chi connectivity index (χ0v) is 14.5. The Morgan fingerprint density at radius 3 is 2.83 bits per heavy atom.